The second-order valence-electron chi connectivity index (χ2n) is 12.1. The zero-order valence-corrected chi connectivity index (χ0v) is 32.4. The smallest absolute Gasteiger partial charge is 0.338 e. The first kappa shape index (κ1) is 42.0. The second-order valence-corrected chi connectivity index (χ2v) is 14.1. The van der Waals surface area contributed by atoms with Crippen LogP contribution in [0.3, 0.4) is 0 Å². The number of benzene rings is 3. The van der Waals surface area contributed by atoms with Crippen LogP contribution in [0.1, 0.15) is 99.0 Å². The summed E-state index contributed by atoms with van der Waals surface area (Å²) in [7, 11) is -4.28. The highest BCUT2D eigenvalue weighted by Crippen LogP contribution is 2.34. The first-order chi connectivity index (χ1) is 24.8. The van der Waals surface area contributed by atoms with Gasteiger partial charge in [-0.25, -0.2) is 4.79 Å². The van der Waals surface area contributed by atoms with E-state index in [0.29, 0.717) is 59.6 Å². The quantitative estimate of drug-likeness (QED) is 0.0679. The van der Waals surface area contributed by atoms with E-state index < -0.39 is 26.7 Å². The summed E-state index contributed by atoms with van der Waals surface area (Å²) in [5, 5.41) is 0. The fourth-order valence-corrected chi connectivity index (χ4v) is 5.84. The SMILES string of the molecule is CCOC(=O)c1ccc(C(C#Cc2cc(OCCS(=O)(=O)O)c(C#Cc3ccc(C(C)(CC)C(=O)OCC)cc3)cc2OCCS)(CC)CC)cc1. The van der Waals surface area contributed by atoms with E-state index in [4.69, 9.17) is 18.9 Å². The molecule has 1 unspecified atom stereocenters. The number of hydrogen-bond acceptors (Lipinski definition) is 9. The molecular formula is C41H48O9S2. The second kappa shape index (κ2) is 19.4. The van der Waals surface area contributed by atoms with Crippen LogP contribution in [0.4, 0.5) is 0 Å². The van der Waals surface area contributed by atoms with Crippen LogP contribution < -0.4 is 9.47 Å². The third-order valence-corrected chi connectivity index (χ3v) is 9.78. The van der Waals surface area contributed by atoms with E-state index in [9.17, 15) is 22.6 Å². The molecule has 52 heavy (non-hydrogen) atoms. The molecule has 3 aromatic rings. The van der Waals surface area contributed by atoms with Crippen molar-refractivity contribution in [1.82, 2.24) is 0 Å². The Morgan fingerprint density at radius 1 is 0.750 bits per heavy atom. The van der Waals surface area contributed by atoms with E-state index in [2.05, 4.69) is 36.3 Å². The van der Waals surface area contributed by atoms with Gasteiger partial charge in [-0.3, -0.25) is 9.35 Å². The molecule has 3 rings (SSSR count). The van der Waals surface area contributed by atoms with E-state index in [1.807, 2.05) is 64.1 Å². The number of esters is 2. The normalized spacial score (nSPS) is 12.3. The van der Waals surface area contributed by atoms with E-state index in [0.717, 1.165) is 11.1 Å². The van der Waals surface area contributed by atoms with Crippen molar-refractivity contribution in [3.63, 3.8) is 0 Å². The third kappa shape index (κ3) is 11.0. The van der Waals surface area contributed by atoms with Gasteiger partial charge in [-0.2, -0.15) is 21.0 Å². The summed E-state index contributed by atoms with van der Waals surface area (Å²) < 4.78 is 54.8. The van der Waals surface area contributed by atoms with Crippen LogP contribution in [0, 0.1) is 23.7 Å². The van der Waals surface area contributed by atoms with E-state index in [1.165, 1.54) is 0 Å². The van der Waals surface area contributed by atoms with Crippen molar-refractivity contribution in [2.75, 3.05) is 37.9 Å². The molecule has 0 aliphatic carbocycles. The van der Waals surface area contributed by atoms with Crippen molar-refractivity contribution >= 4 is 34.7 Å². The largest absolute Gasteiger partial charge is 0.491 e. The first-order valence-corrected chi connectivity index (χ1v) is 19.6. The van der Waals surface area contributed by atoms with Crippen molar-refractivity contribution in [3.8, 4) is 35.2 Å². The lowest BCUT2D eigenvalue weighted by molar-refractivity contribution is -0.149. The maximum Gasteiger partial charge on any atom is 0.338 e. The van der Waals surface area contributed by atoms with E-state index >= 15 is 0 Å². The van der Waals surface area contributed by atoms with Crippen LogP contribution in [0.2, 0.25) is 0 Å². The van der Waals surface area contributed by atoms with Gasteiger partial charge >= 0.3 is 11.9 Å². The third-order valence-electron chi connectivity index (χ3n) is 8.92. The van der Waals surface area contributed by atoms with Crippen LogP contribution in [-0.2, 0) is 35.2 Å². The predicted octanol–water partition coefficient (Wildman–Crippen LogP) is 7.18. The minimum absolute atomic E-state index is 0.258. The molecule has 0 radical (unpaired) electrons. The van der Waals surface area contributed by atoms with Gasteiger partial charge < -0.3 is 18.9 Å². The van der Waals surface area contributed by atoms with Gasteiger partial charge in [0.1, 0.15) is 23.9 Å². The van der Waals surface area contributed by atoms with Crippen molar-refractivity contribution in [1.29, 1.82) is 0 Å². The van der Waals surface area contributed by atoms with Crippen LogP contribution in [0.15, 0.2) is 60.7 Å². The standard InChI is InChI=1S/C41H48O9S2/c1-7-40(6,39(43)48-11-5)34-18-13-30(14-19-34)12-15-32-28-37(49-24-26-51)33(29-36(32)50-25-27-52(44,45)46)22-23-41(8-2,9-3)35-20-16-31(17-21-35)38(42)47-10-4/h13-14,16-21,28-29,51H,7-11,24-27H2,1-6H3,(H,44,45,46). The number of thiol groups is 1. The zero-order chi connectivity index (χ0) is 38.4. The lowest BCUT2D eigenvalue weighted by Crippen LogP contribution is -2.33. The van der Waals surface area contributed by atoms with Crippen LogP contribution in [0.25, 0.3) is 0 Å². The average Bonchev–Trinajstić information content (AvgIpc) is 3.14. The molecule has 0 fully saturated rings. The summed E-state index contributed by atoms with van der Waals surface area (Å²) in [6.07, 6.45) is 1.92. The summed E-state index contributed by atoms with van der Waals surface area (Å²) in [5.74, 6) is 12.8. The molecule has 0 aliphatic rings. The molecule has 0 aromatic heterocycles. The molecule has 0 amide bonds. The number of carbonyl (C=O) groups is 2. The molecular weight excluding hydrogens is 701 g/mol. The zero-order valence-electron chi connectivity index (χ0n) is 30.7. The van der Waals surface area contributed by atoms with Crippen LogP contribution in [0.5, 0.6) is 11.5 Å². The molecule has 3 aromatic carbocycles. The Bertz CT molecular complexity index is 1910. The summed E-state index contributed by atoms with van der Waals surface area (Å²) in [5.41, 5.74) is 2.41. The van der Waals surface area contributed by atoms with Gasteiger partial charge in [0.05, 0.1) is 47.3 Å². The fraction of sp³-hybridized carbons (Fsp3) is 0.415. The molecule has 9 nitrogen and oxygen atoms in total. The van der Waals surface area contributed by atoms with Gasteiger partial charge in [-0.05, 0) is 75.4 Å². The highest BCUT2D eigenvalue weighted by molar-refractivity contribution is 7.85. The summed E-state index contributed by atoms with van der Waals surface area (Å²) in [6.45, 7) is 12.0. The van der Waals surface area contributed by atoms with Gasteiger partial charge in [0.25, 0.3) is 10.1 Å². The highest BCUT2D eigenvalue weighted by Gasteiger charge is 2.34. The van der Waals surface area contributed by atoms with Crippen molar-refractivity contribution in [3.05, 3.63) is 94.0 Å². The Morgan fingerprint density at radius 2 is 1.31 bits per heavy atom. The highest BCUT2D eigenvalue weighted by atomic mass is 32.2. The first-order valence-electron chi connectivity index (χ1n) is 17.4. The van der Waals surface area contributed by atoms with Crippen LogP contribution >= 0.6 is 12.6 Å². The average molecular weight is 749 g/mol. The Kier molecular flexibility index (Phi) is 15.7. The number of carbonyl (C=O) groups excluding carboxylic acids is 2. The summed E-state index contributed by atoms with van der Waals surface area (Å²) >= 11 is 4.31. The number of hydrogen-bond donors (Lipinski definition) is 2. The van der Waals surface area contributed by atoms with Gasteiger partial charge in [-0.15, -0.1) is 0 Å². The lowest BCUT2D eigenvalue weighted by atomic mass is 9.76. The molecule has 0 heterocycles. The monoisotopic (exact) mass is 748 g/mol. The van der Waals surface area contributed by atoms with Crippen molar-refractivity contribution in [2.45, 2.75) is 71.6 Å². The molecule has 0 aliphatic heterocycles. The minimum atomic E-state index is -4.28. The number of ether oxygens (including phenoxy) is 4. The van der Waals surface area contributed by atoms with Gasteiger partial charge in [0.15, 0.2) is 0 Å². The summed E-state index contributed by atoms with van der Waals surface area (Å²) in [4.78, 5) is 25.0. The van der Waals surface area contributed by atoms with Crippen molar-refractivity contribution < 1.29 is 41.5 Å². The molecule has 1 atom stereocenters. The van der Waals surface area contributed by atoms with Gasteiger partial charge in [0.2, 0.25) is 0 Å². The van der Waals surface area contributed by atoms with Crippen LogP contribution in [-0.4, -0.2) is 62.8 Å². The number of rotatable bonds is 16. The Labute approximate surface area is 313 Å². The Morgan fingerprint density at radius 3 is 1.83 bits per heavy atom. The molecule has 0 spiro atoms. The van der Waals surface area contributed by atoms with E-state index in [1.54, 1.807) is 38.1 Å². The Hall–Kier alpha value is -4.42. The molecule has 11 heteroatoms. The van der Waals surface area contributed by atoms with E-state index in [-0.39, 0.29) is 37.5 Å². The molecule has 0 bridgehead atoms. The minimum Gasteiger partial charge on any atom is -0.491 e. The van der Waals surface area contributed by atoms with Crippen molar-refractivity contribution in [2.24, 2.45) is 0 Å². The molecule has 278 valence electrons. The topological polar surface area (TPSA) is 125 Å². The Balaban J connectivity index is 2.11. The molecule has 1 N–H and O–H groups in total. The maximum atomic E-state index is 12.7. The lowest BCUT2D eigenvalue weighted by Gasteiger charge is -2.26. The van der Waals surface area contributed by atoms with Gasteiger partial charge in [0, 0.05) is 23.4 Å². The van der Waals surface area contributed by atoms with Gasteiger partial charge in [-0.1, -0.05) is 68.7 Å². The molecule has 0 saturated carbocycles. The predicted molar refractivity (Wildman–Crippen MR) is 206 cm³/mol. The maximum absolute atomic E-state index is 12.7. The molecule has 0 saturated heterocycles. The fourth-order valence-electron chi connectivity index (χ4n) is 5.46. The summed E-state index contributed by atoms with van der Waals surface area (Å²) in [6, 6.07) is 18.0.